The SMILES string of the molecule is CCC(CO)(CO)C(=O)Oc1ccc(/C=C/C(=O)/C=C(O)/C=C/c2ccc(OC(=O)C(CC)(CO)CO)c(OC)c2)cc1OC. The van der Waals surface area contributed by atoms with Crippen molar-refractivity contribution < 1.29 is 58.9 Å². The Balaban J connectivity index is 2.12. The summed E-state index contributed by atoms with van der Waals surface area (Å²) in [4.78, 5) is 37.5. The van der Waals surface area contributed by atoms with Crippen molar-refractivity contribution in [3.8, 4) is 23.0 Å². The van der Waals surface area contributed by atoms with Gasteiger partial charge in [0.2, 0.25) is 0 Å². The molecule has 0 atom stereocenters. The highest BCUT2D eigenvalue weighted by molar-refractivity contribution is 6.02. The summed E-state index contributed by atoms with van der Waals surface area (Å²) in [5.41, 5.74) is -1.83. The summed E-state index contributed by atoms with van der Waals surface area (Å²) in [5.74, 6) is -1.97. The second-order valence-corrected chi connectivity index (χ2v) is 10.1. The molecule has 0 radical (unpaired) electrons. The molecule has 0 spiro atoms. The zero-order valence-electron chi connectivity index (χ0n) is 25.7. The van der Waals surface area contributed by atoms with E-state index in [0.29, 0.717) is 11.1 Å². The molecule has 0 amide bonds. The molecule has 2 aromatic rings. The molecular weight excluding hydrogens is 588 g/mol. The predicted molar refractivity (Wildman–Crippen MR) is 165 cm³/mol. The number of carbonyl (C=O) groups is 3. The lowest BCUT2D eigenvalue weighted by atomic mass is 9.87. The average molecular weight is 629 g/mol. The van der Waals surface area contributed by atoms with Gasteiger partial charge >= 0.3 is 11.9 Å². The van der Waals surface area contributed by atoms with Gasteiger partial charge in [-0.1, -0.05) is 38.1 Å². The normalized spacial score (nSPS) is 12.4. The molecule has 12 nitrogen and oxygen atoms in total. The van der Waals surface area contributed by atoms with E-state index in [2.05, 4.69) is 0 Å². The second kappa shape index (κ2) is 17.1. The maximum atomic E-state index is 12.6. The molecule has 0 aliphatic carbocycles. The molecule has 2 rings (SSSR count). The van der Waals surface area contributed by atoms with E-state index >= 15 is 0 Å². The Labute approximate surface area is 261 Å². The van der Waals surface area contributed by atoms with Crippen LogP contribution in [0.15, 0.2) is 60.4 Å². The average Bonchev–Trinajstić information content (AvgIpc) is 3.05. The van der Waals surface area contributed by atoms with Crippen molar-refractivity contribution in [1.29, 1.82) is 0 Å². The molecule has 2 aromatic carbocycles. The van der Waals surface area contributed by atoms with Crippen LogP contribution in [0, 0.1) is 10.8 Å². The molecule has 0 saturated carbocycles. The molecule has 0 fully saturated rings. The van der Waals surface area contributed by atoms with E-state index in [1.165, 1.54) is 62.8 Å². The Bertz CT molecular complexity index is 1400. The second-order valence-electron chi connectivity index (χ2n) is 10.1. The zero-order chi connectivity index (χ0) is 33.6. The van der Waals surface area contributed by atoms with Gasteiger partial charge in [0, 0.05) is 6.08 Å². The molecular formula is C33H40O12. The fourth-order valence-electron chi connectivity index (χ4n) is 3.86. The van der Waals surface area contributed by atoms with Crippen LogP contribution in [0.25, 0.3) is 12.2 Å². The zero-order valence-corrected chi connectivity index (χ0v) is 25.7. The molecule has 244 valence electrons. The number of hydrogen-bond donors (Lipinski definition) is 5. The number of allylic oxidation sites excluding steroid dienone is 3. The third-order valence-corrected chi connectivity index (χ3v) is 7.39. The summed E-state index contributed by atoms with van der Waals surface area (Å²) in [6, 6.07) is 9.10. The van der Waals surface area contributed by atoms with Gasteiger partial charge in [-0.2, -0.15) is 0 Å². The van der Waals surface area contributed by atoms with Gasteiger partial charge in [-0.05, 0) is 60.4 Å². The molecule has 0 aromatic heterocycles. The van der Waals surface area contributed by atoms with Crippen molar-refractivity contribution in [2.45, 2.75) is 26.7 Å². The molecule has 0 heterocycles. The van der Waals surface area contributed by atoms with Crippen molar-refractivity contribution in [3.63, 3.8) is 0 Å². The number of ether oxygens (including phenoxy) is 4. The minimum atomic E-state index is -1.45. The Morgan fingerprint density at radius 1 is 0.667 bits per heavy atom. The van der Waals surface area contributed by atoms with Gasteiger partial charge < -0.3 is 44.5 Å². The molecule has 5 N–H and O–H groups in total. The topological polar surface area (TPSA) is 189 Å². The number of aliphatic hydroxyl groups excluding tert-OH is 5. The quantitative estimate of drug-likeness (QED) is 0.0567. The summed E-state index contributed by atoms with van der Waals surface area (Å²) in [6.45, 7) is 0.939. The van der Waals surface area contributed by atoms with Crippen LogP contribution < -0.4 is 18.9 Å². The summed E-state index contributed by atoms with van der Waals surface area (Å²) in [5, 5.41) is 48.6. The molecule has 0 aliphatic rings. The monoisotopic (exact) mass is 628 g/mol. The van der Waals surface area contributed by atoms with Gasteiger partial charge in [0.1, 0.15) is 16.6 Å². The number of esters is 2. The molecule has 0 aliphatic heterocycles. The predicted octanol–water partition coefficient (Wildman–Crippen LogP) is 3.01. The molecule has 45 heavy (non-hydrogen) atoms. The Hall–Kier alpha value is -4.49. The first kappa shape index (κ1) is 36.7. The van der Waals surface area contributed by atoms with Crippen LogP contribution >= 0.6 is 0 Å². The van der Waals surface area contributed by atoms with Crippen LogP contribution in [-0.2, 0) is 14.4 Å². The summed E-state index contributed by atoms with van der Waals surface area (Å²) < 4.78 is 21.3. The number of hydrogen-bond acceptors (Lipinski definition) is 12. The van der Waals surface area contributed by atoms with E-state index in [4.69, 9.17) is 18.9 Å². The first-order chi connectivity index (χ1) is 21.5. The van der Waals surface area contributed by atoms with Crippen molar-refractivity contribution in [2.24, 2.45) is 10.8 Å². The lowest BCUT2D eigenvalue weighted by Gasteiger charge is -2.25. The number of rotatable bonds is 17. The third kappa shape index (κ3) is 9.25. The highest BCUT2D eigenvalue weighted by Gasteiger charge is 2.39. The molecule has 0 unspecified atom stereocenters. The smallest absolute Gasteiger partial charge is 0.322 e. The van der Waals surface area contributed by atoms with E-state index in [9.17, 15) is 39.9 Å². The molecule has 0 saturated heterocycles. The fraction of sp³-hybridized carbons (Fsp3) is 0.364. The van der Waals surface area contributed by atoms with Crippen LogP contribution in [0.4, 0.5) is 0 Å². The highest BCUT2D eigenvalue weighted by Crippen LogP contribution is 2.33. The molecule has 0 bridgehead atoms. The Morgan fingerprint density at radius 2 is 1.07 bits per heavy atom. The van der Waals surface area contributed by atoms with Crippen LogP contribution in [0.5, 0.6) is 23.0 Å². The van der Waals surface area contributed by atoms with Crippen molar-refractivity contribution >= 4 is 29.9 Å². The maximum absolute atomic E-state index is 12.6. The fourth-order valence-corrected chi connectivity index (χ4v) is 3.86. The Kier molecular flexibility index (Phi) is 14.0. The first-order valence-electron chi connectivity index (χ1n) is 14.1. The minimum Gasteiger partial charge on any atom is -0.508 e. The largest absolute Gasteiger partial charge is 0.508 e. The van der Waals surface area contributed by atoms with E-state index in [1.54, 1.807) is 26.0 Å². The van der Waals surface area contributed by atoms with Gasteiger partial charge in [0.25, 0.3) is 0 Å². The lowest BCUT2D eigenvalue weighted by molar-refractivity contribution is -0.152. The summed E-state index contributed by atoms with van der Waals surface area (Å²) in [6.07, 6.45) is 6.79. The van der Waals surface area contributed by atoms with Gasteiger partial charge in [0.05, 0.1) is 40.6 Å². The van der Waals surface area contributed by atoms with Gasteiger partial charge in [-0.15, -0.1) is 0 Å². The van der Waals surface area contributed by atoms with Crippen LogP contribution in [-0.4, -0.2) is 83.9 Å². The number of methoxy groups -OCH3 is 2. The minimum absolute atomic E-state index is 0.0700. The van der Waals surface area contributed by atoms with Crippen LogP contribution in [0.2, 0.25) is 0 Å². The van der Waals surface area contributed by atoms with Gasteiger partial charge in [0.15, 0.2) is 28.8 Å². The lowest BCUT2D eigenvalue weighted by Crippen LogP contribution is -2.41. The van der Waals surface area contributed by atoms with Gasteiger partial charge in [-0.3, -0.25) is 14.4 Å². The summed E-state index contributed by atoms with van der Waals surface area (Å²) >= 11 is 0. The first-order valence-corrected chi connectivity index (χ1v) is 14.1. The van der Waals surface area contributed by atoms with Gasteiger partial charge in [-0.25, -0.2) is 0 Å². The number of aliphatic hydroxyl groups is 5. The molecule has 12 heteroatoms. The highest BCUT2D eigenvalue weighted by atomic mass is 16.6. The maximum Gasteiger partial charge on any atom is 0.322 e. The standard InChI is InChI=1S/C33H40O12/c1-5-32(18-34,19-35)30(40)44-26-13-9-22(15-28(26)42-3)7-11-24(38)17-25(39)12-8-23-10-14-27(29(16-23)43-4)45-31(41)33(6-2,20-36)21-37/h7-17,34-38H,5-6,18-21H2,1-4H3/b11-7+,12-8+,24-17-. The van der Waals surface area contributed by atoms with Crippen LogP contribution in [0.1, 0.15) is 37.8 Å². The summed E-state index contributed by atoms with van der Waals surface area (Å²) in [7, 11) is 2.74. The van der Waals surface area contributed by atoms with Crippen molar-refractivity contribution in [2.75, 3.05) is 40.6 Å². The number of ketones is 1. The van der Waals surface area contributed by atoms with E-state index in [-0.39, 0.29) is 41.6 Å². The van der Waals surface area contributed by atoms with E-state index in [1.807, 2.05) is 0 Å². The number of benzene rings is 2. The number of carbonyl (C=O) groups excluding carboxylic acids is 3. The van der Waals surface area contributed by atoms with Crippen molar-refractivity contribution in [1.82, 2.24) is 0 Å². The third-order valence-electron chi connectivity index (χ3n) is 7.39. The Morgan fingerprint density at radius 3 is 1.42 bits per heavy atom. The van der Waals surface area contributed by atoms with Crippen molar-refractivity contribution in [3.05, 3.63) is 71.5 Å². The van der Waals surface area contributed by atoms with E-state index in [0.717, 1.165) is 6.08 Å². The van der Waals surface area contributed by atoms with E-state index < -0.39 is 55.0 Å². The van der Waals surface area contributed by atoms with Crippen LogP contribution in [0.3, 0.4) is 0 Å².